The standard InChI is InChI=1S/C29H30N8O2/c1-14-6-7-19(10-30)26(32-14)20-8-21(9-20)33-28(38)24-13-37(35-34-24)18(5)22-11-31-27(16(3)15(22)2)36-12-23-17(4)25(23)29(36)39/h6-7,11,13,18,20-21,23,25H,4,8-9,12H2,1-3,5H3,(H,33,38)/t18?,20?,21?,23-,25+/m0/s1. The van der Waals surface area contributed by atoms with E-state index in [9.17, 15) is 14.9 Å². The maximum absolute atomic E-state index is 12.9. The highest BCUT2D eigenvalue weighted by atomic mass is 16.2. The minimum atomic E-state index is -0.274. The number of nitriles is 1. The predicted molar refractivity (Wildman–Crippen MR) is 143 cm³/mol. The fraction of sp³-hybridized carbons (Fsp3) is 0.414. The summed E-state index contributed by atoms with van der Waals surface area (Å²) in [5.74, 6) is 0.897. The van der Waals surface area contributed by atoms with Crippen molar-refractivity contribution in [3.05, 3.63) is 76.0 Å². The zero-order valence-corrected chi connectivity index (χ0v) is 22.5. The van der Waals surface area contributed by atoms with E-state index < -0.39 is 0 Å². The number of aromatic nitrogens is 5. The molecule has 10 heteroatoms. The number of hydrogen-bond acceptors (Lipinski definition) is 7. The SMILES string of the molecule is C=C1[C@H]2C(=O)N(c3ncc(C(C)n4cc(C(=O)NC5CC(c6nc(C)ccc6C#N)C5)nn4)c(C)c3C)C[C@@H]12. The summed E-state index contributed by atoms with van der Waals surface area (Å²) in [4.78, 5) is 36.6. The van der Waals surface area contributed by atoms with Gasteiger partial charge < -0.3 is 5.32 Å². The summed E-state index contributed by atoms with van der Waals surface area (Å²) in [5.41, 5.74) is 6.51. The van der Waals surface area contributed by atoms with Gasteiger partial charge in [-0.3, -0.25) is 19.5 Å². The fourth-order valence-corrected chi connectivity index (χ4v) is 5.89. The quantitative estimate of drug-likeness (QED) is 0.492. The van der Waals surface area contributed by atoms with Crippen LogP contribution in [0.2, 0.25) is 0 Å². The van der Waals surface area contributed by atoms with Gasteiger partial charge in [-0.05, 0) is 69.4 Å². The number of pyridine rings is 2. The average Bonchev–Trinajstić information content (AvgIpc) is 3.22. The third kappa shape index (κ3) is 4.09. The van der Waals surface area contributed by atoms with Crippen molar-refractivity contribution in [3.63, 3.8) is 0 Å². The zero-order valence-electron chi connectivity index (χ0n) is 22.5. The van der Waals surface area contributed by atoms with Crippen molar-refractivity contribution in [1.29, 1.82) is 5.26 Å². The first-order valence-electron chi connectivity index (χ1n) is 13.2. The summed E-state index contributed by atoms with van der Waals surface area (Å²) in [7, 11) is 0. The van der Waals surface area contributed by atoms with Crippen LogP contribution in [-0.4, -0.2) is 49.4 Å². The molecule has 198 valence electrons. The van der Waals surface area contributed by atoms with Crippen LogP contribution in [0.5, 0.6) is 0 Å². The van der Waals surface area contributed by atoms with Gasteiger partial charge in [0.15, 0.2) is 5.69 Å². The van der Waals surface area contributed by atoms with E-state index in [0.29, 0.717) is 17.9 Å². The van der Waals surface area contributed by atoms with Gasteiger partial charge in [0.1, 0.15) is 11.9 Å². The molecular weight excluding hydrogens is 492 g/mol. The smallest absolute Gasteiger partial charge is 0.273 e. The van der Waals surface area contributed by atoms with Gasteiger partial charge in [0.25, 0.3) is 5.91 Å². The summed E-state index contributed by atoms with van der Waals surface area (Å²) in [6, 6.07) is 5.66. The first kappa shape index (κ1) is 24.9. The molecule has 2 saturated carbocycles. The van der Waals surface area contributed by atoms with E-state index in [2.05, 4.69) is 38.2 Å². The van der Waals surface area contributed by atoms with Gasteiger partial charge in [0, 0.05) is 36.3 Å². The Hall–Kier alpha value is -4.39. The fourth-order valence-electron chi connectivity index (χ4n) is 5.89. The molecule has 4 heterocycles. The van der Waals surface area contributed by atoms with Gasteiger partial charge in [0.2, 0.25) is 5.91 Å². The lowest BCUT2D eigenvalue weighted by atomic mass is 9.76. The van der Waals surface area contributed by atoms with E-state index >= 15 is 0 Å². The van der Waals surface area contributed by atoms with E-state index in [1.165, 1.54) is 0 Å². The number of rotatable bonds is 6. The molecule has 0 spiro atoms. The second-order valence-corrected chi connectivity index (χ2v) is 11.0. The van der Waals surface area contributed by atoms with E-state index in [1.54, 1.807) is 28.0 Å². The second-order valence-electron chi connectivity index (χ2n) is 11.0. The Balaban J connectivity index is 1.11. The maximum atomic E-state index is 12.9. The summed E-state index contributed by atoms with van der Waals surface area (Å²) in [6.45, 7) is 12.5. The Kier molecular flexibility index (Phi) is 5.83. The molecule has 3 fully saturated rings. The summed E-state index contributed by atoms with van der Waals surface area (Å²) < 4.78 is 1.66. The van der Waals surface area contributed by atoms with Crippen LogP contribution in [0.25, 0.3) is 0 Å². The minimum Gasteiger partial charge on any atom is -0.348 e. The molecule has 1 saturated heterocycles. The Morgan fingerprint density at radius 1 is 1.23 bits per heavy atom. The molecule has 3 aromatic heterocycles. The normalized spacial score (nSPS) is 24.1. The Bertz CT molecular complexity index is 1580. The molecule has 1 aliphatic heterocycles. The second kappa shape index (κ2) is 9.12. The topological polar surface area (TPSA) is 130 Å². The van der Waals surface area contributed by atoms with Crippen molar-refractivity contribution in [2.45, 2.75) is 58.5 Å². The predicted octanol–water partition coefficient (Wildman–Crippen LogP) is 3.30. The third-order valence-electron chi connectivity index (χ3n) is 8.63. The lowest BCUT2D eigenvalue weighted by molar-refractivity contribution is -0.118. The van der Waals surface area contributed by atoms with Crippen molar-refractivity contribution in [2.24, 2.45) is 11.8 Å². The molecule has 3 atom stereocenters. The van der Waals surface area contributed by atoms with Crippen LogP contribution >= 0.6 is 0 Å². The van der Waals surface area contributed by atoms with Crippen molar-refractivity contribution in [1.82, 2.24) is 30.3 Å². The number of carbonyl (C=O) groups excluding carboxylic acids is 2. The lowest BCUT2D eigenvalue weighted by Crippen LogP contribution is -2.43. The lowest BCUT2D eigenvalue weighted by Gasteiger charge is -2.35. The number of nitrogens with zero attached hydrogens (tertiary/aromatic N) is 7. The Morgan fingerprint density at radius 2 is 2.00 bits per heavy atom. The van der Waals surface area contributed by atoms with Crippen LogP contribution in [0.1, 0.15) is 75.9 Å². The molecule has 0 bridgehead atoms. The molecule has 0 radical (unpaired) electrons. The monoisotopic (exact) mass is 522 g/mol. The maximum Gasteiger partial charge on any atom is 0.273 e. The number of hydrogen-bond donors (Lipinski definition) is 1. The summed E-state index contributed by atoms with van der Waals surface area (Å²) in [5, 5.41) is 20.8. The minimum absolute atomic E-state index is 0.00271. The first-order chi connectivity index (χ1) is 18.7. The molecule has 3 aromatic rings. The number of amides is 2. The molecule has 39 heavy (non-hydrogen) atoms. The van der Waals surface area contributed by atoms with Gasteiger partial charge in [-0.2, -0.15) is 5.26 Å². The molecule has 1 N–H and O–H groups in total. The molecule has 0 aromatic carbocycles. The zero-order chi connectivity index (χ0) is 27.6. The highest BCUT2D eigenvalue weighted by Gasteiger charge is 2.56. The van der Waals surface area contributed by atoms with Crippen LogP contribution in [0.4, 0.5) is 5.82 Å². The van der Waals surface area contributed by atoms with Gasteiger partial charge in [-0.15, -0.1) is 5.10 Å². The van der Waals surface area contributed by atoms with E-state index in [1.807, 2.05) is 33.8 Å². The Morgan fingerprint density at radius 3 is 2.69 bits per heavy atom. The molecule has 3 aliphatic rings. The van der Waals surface area contributed by atoms with Gasteiger partial charge >= 0.3 is 0 Å². The molecule has 6 rings (SSSR count). The van der Waals surface area contributed by atoms with Crippen molar-refractivity contribution in [2.75, 3.05) is 11.4 Å². The van der Waals surface area contributed by atoms with Crippen molar-refractivity contribution < 1.29 is 9.59 Å². The number of anilines is 1. The molecule has 2 amide bonds. The number of nitrogens with one attached hydrogen (secondary N) is 1. The van der Waals surface area contributed by atoms with Crippen LogP contribution in [0.15, 0.2) is 36.7 Å². The molecule has 10 nitrogen and oxygen atoms in total. The van der Waals surface area contributed by atoms with Gasteiger partial charge in [-0.25, -0.2) is 9.67 Å². The highest BCUT2D eigenvalue weighted by molar-refractivity contribution is 6.03. The Labute approximate surface area is 226 Å². The number of fused-ring (bicyclic) bond motifs is 1. The molecule has 1 unspecified atom stereocenters. The van der Waals surface area contributed by atoms with Crippen LogP contribution < -0.4 is 10.2 Å². The highest BCUT2D eigenvalue weighted by Crippen LogP contribution is 2.52. The number of aryl methyl sites for hydroxylation is 1. The third-order valence-corrected chi connectivity index (χ3v) is 8.63. The van der Waals surface area contributed by atoms with Crippen molar-refractivity contribution in [3.8, 4) is 6.07 Å². The van der Waals surface area contributed by atoms with Crippen LogP contribution in [0, 0.1) is 43.9 Å². The van der Waals surface area contributed by atoms with E-state index in [4.69, 9.17) is 0 Å². The van der Waals surface area contributed by atoms with Crippen molar-refractivity contribution >= 4 is 17.6 Å². The van der Waals surface area contributed by atoms with E-state index in [-0.39, 0.29) is 47.3 Å². The largest absolute Gasteiger partial charge is 0.348 e. The summed E-state index contributed by atoms with van der Waals surface area (Å²) in [6.07, 6.45) is 4.90. The number of carbonyl (C=O) groups is 2. The van der Waals surface area contributed by atoms with Gasteiger partial charge in [-0.1, -0.05) is 17.4 Å². The van der Waals surface area contributed by atoms with Gasteiger partial charge in [0.05, 0.1) is 29.4 Å². The molecular formula is C29H30N8O2. The van der Waals surface area contributed by atoms with Crippen LogP contribution in [-0.2, 0) is 4.79 Å². The van der Waals surface area contributed by atoms with Crippen LogP contribution in [0.3, 0.4) is 0 Å². The summed E-state index contributed by atoms with van der Waals surface area (Å²) >= 11 is 0. The van der Waals surface area contributed by atoms with E-state index in [0.717, 1.165) is 46.5 Å². The first-order valence-corrected chi connectivity index (χ1v) is 13.2. The average molecular weight is 523 g/mol. The molecule has 2 aliphatic carbocycles. The number of piperidine rings is 1.